The molecule has 6 rings (SSSR count). The van der Waals surface area contributed by atoms with Gasteiger partial charge < -0.3 is 23.8 Å². The third kappa shape index (κ3) is 4.34. The van der Waals surface area contributed by atoms with Gasteiger partial charge in [0.15, 0.2) is 17.3 Å². The molecule has 1 saturated heterocycles. The molecule has 0 saturated carbocycles. The third-order valence-electron chi connectivity index (χ3n) is 7.06. The predicted molar refractivity (Wildman–Crippen MR) is 137 cm³/mol. The van der Waals surface area contributed by atoms with E-state index in [1.54, 1.807) is 15.6 Å². The summed E-state index contributed by atoms with van der Waals surface area (Å²) in [5.74, 6) is -2.60. The van der Waals surface area contributed by atoms with Gasteiger partial charge in [-0.05, 0) is 29.7 Å². The van der Waals surface area contributed by atoms with Gasteiger partial charge in [-0.2, -0.15) is 0 Å². The first-order valence-corrected chi connectivity index (χ1v) is 13.2. The lowest BCUT2D eigenvalue weighted by atomic mass is 9.97. The molecular formula is C27H23F2N3O7S. The second kappa shape index (κ2) is 10.5. The van der Waals surface area contributed by atoms with Gasteiger partial charge in [0.25, 0.3) is 5.91 Å². The molecule has 0 bridgehead atoms. The smallest absolute Gasteiger partial charge is 0.451 e. The lowest BCUT2D eigenvalue weighted by molar-refractivity contribution is -0.0222. The van der Waals surface area contributed by atoms with Crippen LogP contribution in [0.4, 0.5) is 13.6 Å². The standard InChI is InChI=1S/C27H23F2N3O7S/c1-36-27(35)39-14-38-24-19(33)8-9-31-23(24)26(34)30-10-11-37-13-21(30)32(31)18-12-15-6-7-17(28)22(29)25(15)40-20-5-3-2-4-16(18)20/h2-9,18,21H,10-14H2,1H3/t18-,21+/m0/s1. The Morgan fingerprint density at radius 3 is 2.80 bits per heavy atom. The Morgan fingerprint density at radius 2 is 1.98 bits per heavy atom. The number of fused-ring (bicyclic) bond motifs is 4. The van der Waals surface area contributed by atoms with Gasteiger partial charge >= 0.3 is 6.16 Å². The van der Waals surface area contributed by atoms with Crippen molar-refractivity contribution in [3.05, 3.63) is 87.3 Å². The number of carbonyl (C=O) groups excluding carboxylic acids is 2. The average molecular weight is 572 g/mol. The summed E-state index contributed by atoms with van der Waals surface area (Å²) in [4.78, 5) is 40.6. The molecule has 1 aromatic heterocycles. The van der Waals surface area contributed by atoms with Crippen LogP contribution >= 0.6 is 11.8 Å². The normalized spacial score (nSPS) is 19.5. The summed E-state index contributed by atoms with van der Waals surface area (Å²) in [5, 5.41) is 1.90. The van der Waals surface area contributed by atoms with Crippen LogP contribution in [-0.2, 0) is 20.6 Å². The molecule has 0 aliphatic carbocycles. The van der Waals surface area contributed by atoms with Crippen molar-refractivity contribution in [2.24, 2.45) is 0 Å². The van der Waals surface area contributed by atoms with Crippen LogP contribution in [0.15, 0.2) is 63.2 Å². The van der Waals surface area contributed by atoms with Crippen molar-refractivity contribution in [1.82, 2.24) is 9.58 Å². The molecule has 208 valence electrons. The number of halogens is 2. The number of rotatable bonds is 4. The maximum absolute atomic E-state index is 15.0. The topological polar surface area (TPSA) is 99.5 Å². The second-order valence-corrected chi connectivity index (χ2v) is 10.3. The van der Waals surface area contributed by atoms with Gasteiger partial charge in [-0.1, -0.05) is 36.0 Å². The summed E-state index contributed by atoms with van der Waals surface area (Å²) in [7, 11) is 1.13. The maximum atomic E-state index is 15.0. The highest BCUT2D eigenvalue weighted by Gasteiger charge is 2.45. The largest absolute Gasteiger partial charge is 0.510 e. The number of ether oxygens (including phenoxy) is 4. The highest BCUT2D eigenvalue weighted by Crippen LogP contribution is 2.45. The van der Waals surface area contributed by atoms with E-state index in [4.69, 9.17) is 14.2 Å². The molecule has 0 N–H and O–H groups in total. The summed E-state index contributed by atoms with van der Waals surface area (Å²) in [6.45, 7) is 0.0647. The minimum Gasteiger partial charge on any atom is -0.451 e. The predicted octanol–water partition coefficient (Wildman–Crippen LogP) is 3.44. The van der Waals surface area contributed by atoms with Crippen LogP contribution < -0.4 is 15.2 Å². The van der Waals surface area contributed by atoms with Gasteiger partial charge in [0.2, 0.25) is 18.0 Å². The van der Waals surface area contributed by atoms with Crippen molar-refractivity contribution < 1.29 is 37.3 Å². The van der Waals surface area contributed by atoms with Crippen molar-refractivity contribution >= 4 is 23.8 Å². The van der Waals surface area contributed by atoms with Crippen molar-refractivity contribution in [1.29, 1.82) is 0 Å². The number of morpholine rings is 1. The van der Waals surface area contributed by atoms with Crippen molar-refractivity contribution in [2.75, 3.05) is 38.7 Å². The Bertz CT molecular complexity index is 1570. The average Bonchev–Trinajstić information content (AvgIpc) is 3.13. The van der Waals surface area contributed by atoms with E-state index in [1.807, 2.05) is 29.3 Å². The fourth-order valence-electron chi connectivity index (χ4n) is 5.27. The number of hydrogen-bond acceptors (Lipinski definition) is 9. The van der Waals surface area contributed by atoms with E-state index in [0.717, 1.165) is 35.4 Å². The second-order valence-electron chi connectivity index (χ2n) is 9.21. The molecule has 3 aliphatic heterocycles. The highest BCUT2D eigenvalue weighted by molar-refractivity contribution is 7.99. The van der Waals surface area contributed by atoms with Gasteiger partial charge in [-0.15, -0.1) is 0 Å². The van der Waals surface area contributed by atoms with E-state index in [2.05, 4.69) is 4.74 Å². The molecule has 3 aromatic rings. The zero-order valence-corrected chi connectivity index (χ0v) is 22.0. The first-order valence-electron chi connectivity index (χ1n) is 12.4. The van der Waals surface area contributed by atoms with Crippen LogP contribution in [0.3, 0.4) is 0 Å². The zero-order chi connectivity index (χ0) is 28.0. The highest BCUT2D eigenvalue weighted by atomic mass is 32.2. The molecule has 3 aliphatic rings. The molecule has 13 heteroatoms. The molecule has 2 atom stereocenters. The van der Waals surface area contributed by atoms with Gasteiger partial charge in [0.05, 0.1) is 31.3 Å². The van der Waals surface area contributed by atoms with E-state index in [-0.39, 0.29) is 35.9 Å². The van der Waals surface area contributed by atoms with Crippen LogP contribution in [0, 0.1) is 11.6 Å². The number of methoxy groups -OCH3 is 1. The lowest BCUT2D eigenvalue weighted by Gasteiger charge is -2.51. The van der Waals surface area contributed by atoms with E-state index in [1.165, 1.54) is 12.3 Å². The number of hydrogen-bond donors (Lipinski definition) is 0. The van der Waals surface area contributed by atoms with Gasteiger partial charge in [-0.25, -0.2) is 13.6 Å². The van der Waals surface area contributed by atoms with Crippen LogP contribution in [0.1, 0.15) is 27.7 Å². The molecule has 1 amide bonds. The number of pyridine rings is 1. The van der Waals surface area contributed by atoms with Crippen LogP contribution in [0.5, 0.6) is 5.75 Å². The number of aromatic nitrogens is 1. The molecule has 0 radical (unpaired) electrons. The Hall–Kier alpha value is -4.10. The molecule has 0 unspecified atom stereocenters. The monoisotopic (exact) mass is 571 g/mol. The van der Waals surface area contributed by atoms with Crippen LogP contribution in [0.2, 0.25) is 0 Å². The van der Waals surface area contributed by atoms with Crippen molar-refractivity contribution in [3.8, 4) is 5.75 Å². The van der Waals surface area contributed by atoms with Crippen molar-refractivity contribution in [2.45, 2.75) is 28.4 Å². The summed E-state index contributed by atoms with van der Waals surface area (Å²) >= 11 is 1.15. The molecule has 10 nitrogen and oxygen atoms in total. The molecule has 4 heterocycles. The first kappa shape index (κ1) is 26.1. The number of nitrogens with zero attached hydrogens (tertiary/aromatic N) is 3. The number of carbonyl (C=O) groups is 2. The fourth-order valence-corrected chi connectivity index (χ4v) is 6.43. The Kier molecular flexibility index (Phi) is 6.84. The van der Waals surface area contributed by atoms with E-state index in [9.17, 15) is 18.8 Å². The molecule has 1 fully saturated rings. The van der Waals surface area contributed by atoms with Crippen LogP contribution in [0.25, 0.3) is 0 Å². The first-order chi connectivity index (χ1) is 19.4. The van der Waals surface area contributed by atoms with Crippen molar-refractivity contribution in [3.63, 3.8) is 0 Å². The minimum absolute atomic E-state index is 0.0565. The van der Waals surface area contributed by atoms with E-state index >= 15 is 4.39 Å². The Labute approximate surface area is 230 Å². The molecule has 40 heavy (non-hydrogen) atoms. The molecule has 2 aromatic carbocycles. The summed E-state index contributed by atoms with van der Waals surface area (Å²) in [6, 6.07) is 10.8. The quantitative estimate of drug-likeness (QED) is 0.345. The third-order valence-corrected chi connectivity index (χ3v) is 8.29. The lowest BCUT2D eigenvalue weighted by Crippen LogP contribution is -2.66. The SMILES string of the molecule is COC(=O)OCOc1c2n(ccc1=O)N([C@H]1Cc3ccc(F)c(F)c3Sc3ccccc31)[C@@H]1COCCN1C2=O. The zero-order valence-electron chi connectivity index (χ0n) is 21.2. The maximum Gasteiger partial charge on any atom is 0.510 e. The molecular weight excluding hydrogens is 548 g/mol. The molecule has 0 spiro atoms. The van der Waals surface area contributed by atoms with Gasteiger partial charge in [0, 0.05) is 23.7 Å². The summed E-state index contributed by atoms with van der Waals surface area (Å²) in [6.07, 6.45) is 0.149. The van der Waals surface area contributed by atoms with Crippen LogP contribution in [-0.4, -0.2) is 61.5 Å². The summed E-state index contributed by atoms with van der Waals surface area (Å²) in [5.41, 5.74) is 0.777. The van der Waals surface area contributed by atoms with E-state index < -0.39 is 48.1 Å². The Balaban J connectivity index is 1.52. The van der Waals surface area contributed by atoms with E-state index in [0.29, 0.717) is 12.2 Å². The Morgan fingerprint density at radius 1 is 1.15 bits per heavy atom. The minimum atomic E-state index is -1.01. The fraction of sp³-hybridized carbons (Fsp3) is 0.296. The van der Waals surface area contributed by atoms with Gasteiger partial charge in [0.1, 0.15) is 6.17 Å². The number of benzene rings is 2. The van der Waals surface area contributed by atoms with Gasteiger partial charge in [-0.3, -0.25) is 19.3 Å². The number of amides is 1. The summed E-state index contributed by atoms with van der Waals surface area (Å²) < 4.78 is 51.3.